The van der Waals surface area contributed by atoms with Gasteiger partial charge in [0.25, 0.3) is 0 Å². The first kappa shape index (κ1) is 72.8. The fourth-order valence-corrected chi connectivity index (χ4v) is 8.67. The van der Waals surface area contributed by atoms with E-state index in [1.54, 1.807) is 0 Å². The molecule has 0 aliphatic heterocycles. The number of hydrogen-bond donors (Lipinski definition) is 0. The first-order chi connectivity index (χ1) is 38.0. The average Bonchev–Trinajstić information content (AvgIpc) is 3.43. The van der Waals surface area contributed by atoms with Crippen molar-refractivity contribution in [1.29, 1.82) is 0 Å². The molecule has 1 unspecified atom stereocenters. The molecule has 0 saturated heterocycles. The zero-order valence-corrected chi connectivity index (χ0v) is 50.2. The molecule has 438 valence electrons. The summed E-state index contributed by atoms with van der Waals surface area (Å²) in [6.45, 7) is 6.49. The molecule has 0 rings (SSSR count). The van der Waals surface area contributed by atoms with Gasteiger partial charge in [-0.2, -0.15) is 0 Å². The predicted octanol–water partition coefficient (Wildman–Crippen LogP) is 22.0. The van der Waals surface area contributed by atoms with Crippen LogP contribution in [0.2, 0.25) is 0 Å². The van der Waals surface area contributed by atoms with E-state index in [2.05, 4.69) is 142 Å². The second-order valence-electron chi connectivity index (χ2n) is 20.9. The maximum absolute atomic E-state index is 12.8. The topological polar surface area (TPSA) is 78.9 Å². The first-order valence-corrected chi connectivity index (χ1v) is 32.0. The molecule has 0 spiro atoms. The van der Waals surface area contributed by atoms with Crippen molar-refractivity contribution >= 4 is 17.9 Å². The van der Waals surface area contributed by atoms with Crippen molar-refractivity contribution in [2.45, 2.75) is 297 Å². The van der Waals surface area contributed by atoms with Gasteiger partial charge in [0.2, 0.25) is 0 Å². The van der Waals surface area contributed by atoms with Crippen LogP contribution in [-0.2, 0) is 28.6 Å². The Hall–Kier alpha value is -4.19. The number of hydrogen-bond acceptors (Lipinski definition) is 6. The number of carbonyl (C=O) groups is 3. The predicted molar refractivity (Wildman–Crippen MR) is 334 cm³/mol. The molecule has 0 saturated carbocycles. The van der Waals surface area contributed by atoms with Crippen LogP contribution in [0.3, 0.4) is 0 Å². The SMILES string of the molecule is CC/C=C\C/C=C\C/C=C\C/C=C\C/C=C\C/C=C\C/C=C\C/C=C\C/C=C\CCCCCCCCCC(=O)OCC(COC(=O)CCCCCCCCCCCC)OC(=O)CCCCCCC/C=C\CCCCCCC. The Balaban J connectivity index is 4.20. The summed E-state index contributed by atoms with van der Waals surface area (Å²) >= 11 is 0. The van der Waals surface area contributed by atoms with E-state index in [9.17, 15) is 14.4 Å². The van der Waals surface area contributed by atoms with Gasteiger partial charge in [0, 0.05) is 19.3 Å². The fraction of sp³-hybridized carbons (Fsp3) is 0.676. The third kappa shape index (κ3) is 62.5. The number of esters is 3. The van der Waals surface area contributed by atoms with Gasteiger partial charge in [-0.25, -0.2) is 0 Å². The average molecular weight is 1070 g/mol. The largest absolute Gasteiger partial charge is 0.462 e. The van der Waals surface area contributed by atoms with Gasteiger partial charge in [0.1, 0.15) is 13.2 Å². The van der Waals surface area contributed by atoms with E-state index in [1.165, 1.54) is 116 Å². The monoisotopic (exact) mass is 1070 g/mol. The van der Waals surface area contributed by atoms with Crippen molar-refractivity contribution in [3.63, 3.8) is 0 Å². The van der Waals surface area contributed by atoms with E-state index in [0.29, 0.717) is 19.3 Å². The molecule has 0 amide bonds. The van der Waals surface area contributed by atoms with Crippen molar-refractivity contribution in [3.05, 3.63) is 122 Å². The molecule has 0 N–H and O–H groups in total. The lowest BCUT2D eigenvalue weighted by molar-refractivity contribution is -0.167. The van der Waals surface area contributed by atoms with E-state index in [0.717, 1.165) is 135 Å². The third-order valence-electron chi connectivity index (χ3n) is 13.5. The molecular formula is C71H118O6. The van der Waals surface area contributed by atoms with Crippen LogP contribution < -0.4 is 0 Å². The van der Waals surface area contributed by atoms with Crippen molar-refractivity contribution in [2.24, 2.45) is 0 Å². The van der Waals surface area contributed by atoms with Crippen LogP contribution in [0.4, 0.5) is 0 Å². The minimum absolute atomic E-state index is 0.0835. The number of allylic oxidation sites excluding steroid dienone is 20. The zero-order valence-electron chi connectivity index (χ0n) is 50.2. The maximum atomic E-state index is 12.8. The quantitative estimate of drug-likeness (QED) is 0.0261. The van der Waals surface area contributed by atoms with Crippen LogP contribution in [0.5, 0.6) is 0 Å². The van der Waals surface area contributed by atoms with E-state index < -0.39 is 6.10 Å². The molecule has 0 aromatic carbocycles. The highest BCUT2D eigenvalue weighted by molar-refractivity contribution is 5.71. The Morgan fingerprint density at radius 1 is 0.273 bits per heavy atom. The van der Waals surface area contributed by atoms with Gasteiger partial charge in [-0.15, -0.1) is 0 Å². The second-order valence-corrected chi connectivity index (χ2v) is 20.9. The van der Waals surface area contributed by atoms with E-state index in [-0.39, 0.29) is 31.1 Å². The molecule has 6 nitrogen and oxygen atoms in total. The van der Waals surface area contributed by atoms with Gasteiger partial charge in [0.15, 0.2) is 6.10 Å². The smallest absolute Gasteiger partial charge is 0.306 e. The molecule has 0 heterocycles. The van der Waals surface area contributed by atoms with Gasteiger partial charge in [-0.1, -0.05) is 277 Å². The molecule has 0 aromatic heterocycles. The van der Waals surface area contributed by atoms with E-state index in [1.807, 2.05) is 0 Å². The van der Waals surface area contributed by atoms with Gasteiger partial charge in [-0.05, 0) is 116 Å². The Labute approximate surface area is 475 Å². The first-order valence-electron chi connectivity index (χ1n) is 32.0. The van der Waals surface area contributed by atoms with Crippen LogP contribution in [0, 0.1) is 0 Å². The molecule has 1 atom stereocenters. The van der Waals surface area contributed by atoms with Crippen LogP contribution in [0.1, 0.15) is 290 Å². The molecule has 77 heavy (non-hydrogen) atoms. The number of rotatable bonds is 57. The minimum Gasteiger partial charge on any atom is -0.462 e. The van der Waals surface area contributed by atoms with E-state index in [4.69, 9.17) is 14.2 Å². The highest BCUT2D eigenvalue weighted by atomic mass is 16.6. The minimum atomic E-state index is -0.786. The standard InChI is InChI=1S/C71H118O6/c1-4-7-10-13-16-19-22-24-26-27-28-29-30-31-32-33-34-35-36-37-38-39-40-41-42-43-44-45-46-48-49-52-55-58-61-64-70(73)76-67-68(66-75-69(72)63-60-57-54-51-21-18-15-12-9-6-3)77-71(74)65-62-59-56-53-50-47-25-23-20-17-14-11-8-5-2/h7,10,16,19,23-26,28-29,31-32,34-35,37-38,40-41,43-44,68H,4-6,8-9,11-15,17-18,20-22,27,30,33,36,39,42,45-67H2,1-3H3/b10-7-,19-16-,25-23-,26-24-,29-28-,32-31-,35-34-,38-37-,41-40-,44-43-. The van der Waals surface area contributed by atoms with Crippen LogP contribution >= 0.6 is 0 Å². The Morgan fingerprint density at radius 3 is 0.805 bits per heavy atom. The van der Waals surface area contributed by atoms with E-state index >= 15 is 0 Å². The summed E-state index contributed by atoms with van der Waals surface area (Å²) in [4.78, 5) is 38.1. The van der Waals surface area contributed by atoms with Crippen molar-refractivity contribution in [3.8, 4) is 0 Å². The summed E-state index contributed by atoms with van der Waals surface area (Å²) < 4.78 is 16.8. The van der Waals surface area contributed by atoms with Crippen LogP contribution in [0.15, 0.2) is 122 Å². The van der Waals surface area contributed by atoms with Gasteiger partial charge in [-0.3, -0.25) is 14.4 Å². The number of unbranched alkanes of at least 4 members (excludes halogenated alkanes) is 26. The lowest BCUT2D eigenvalue weighted by Gasteiger charge is -2.18. The molecular weight excluding hydrogens is 949 g/mol. The fourth-order valence-electron chi connectivity index (χ4n) is 8.67. The van der Waals surface area contributed by atoms with Crippen molar-refractivity contribution in [2.75, 3.05) is 13.2 Å². The lowest BCUT2D eigenvalue weighted by Crippen LogP contribution is -2.30. The normalized spacial score (nSPS) is 12.9. The Bertz CT molecular complexity index is 1600. The third-order valence-corrected chi connectivity index (χ3v) is 13.5. The molecule has 0 fully saturated rings. The van der Waals surface area contributed by atoms with Crippen molar-refractivity contribution < 1.29 is 28.6 Å². The van der Waals surface area contributed by atoms with Gasteiger partial charge in [0.05, 0.1) is 0 Å². The second kappa shape index (κ2) is 64.3. The van der Waals surface area contributed by atoms with Gasteiger partial charge >= 0.3 is 17.9 Å². The molecule has 0 aliphatic carbocycles. The summed E-state index contributed by atoms with van der Waals surface area (Å²) in [7, 11) is 0. The van der Waals surface area contributed by atoms with Gasteiger partial charge < -0.3 is 14.2 Å². The summed E-state index contributed by atoms with van der Waals surface area (Å²) in [5.74, 6) is -0.902. The molecule has 0 radical (unpaired) electrons. The highest BCUT2D eigenvalue weighted by Crippen LogP contribution is 2.15. The summed E-state index contributed by atoms with van der Waals surface area (Å²) in [6, 6.07) is 0. The summed E-state index contributed by atoms with van der Waals surface area (Å²) in [6.07, 6.45) is 89.3. The molecule has 0 aliphatic rings. The Kier molecular flexibility index (Phi) is 60.8. The number of carbonyl (C=O) groups excluding carboxylic acids is 3. The summed E-state index contributed by atoms with van der Waals surface area (Å²) in [5, 5.41) is 0. The van der Waals surface area contributed by atoms with Crippen LogP contribution in [0.25, 0.3) is 0 Å². The maximum Gasteiger partial charge on any atom is 0.306 e. The molecule has 0 bridgehead atoms. The summed E-state index contributed by atoms with van der Waals surface area (Å²) in [5.41, 5.74) is 0. The van der Waals surface area contributed by atoms with Crippen LogP contribution in [-0.4, -0.2) is 37.2 Å². The molecule has 0 aromatic rings. The highest BCUT2D eigenvalue weighted by Gasteiger charge is 2.19. The number of ether oxygens (including phenoxy) is 3. The van der Waals surface area contributed by atoms with Crippen molar-refractivity contribution in [1.82, 2.24) is 0 Å². The zero-order chi connectivity index (χ0) is 55.7. The Morgan fingerprint density at radius 2 is 0.506 bits per heavy atom. The molecule has 6 heteroatoms. The lowest BCUT2D eigenvalue weighted by atomic mass is 10.1.